The van der Waals surface area contributed by atoms with Crippen LogP contribution in [0.3, 0.4) is 0 Å². The molecule has 6 nitrogen and oxygen atoms in total. The molecule has 0 aliphatic carbocycles. The number of hydrogen-bond acceptors (Lipinski definition) is 4. The van der Waals surface area contributed by atoms with Gasteiger partial charge in [-0.3, -0.25) is 4.79 Å². The Hall–Kier alpha value is -1.60. The quantitative estimate of drug-likeness (QED) is 0.883. The highest BCUT2D eigenvalue weighted by molar-refractivity contribution is 7.89. The van der Waals surface area contributed by atoms with Crippen LogP contribution in [0.15, 0.2) is 23.1 Å². The van der Waals surface area contributed by atoms with Gasteiger partial charge in [-0.15, -0.1) is 0 Å². The summed E-state index contributed by atoms with van der Waals surface area (Å²) in [6.45, 7) is 2.13. The molecule has 1 aliphatic heterocycles. The van der Waals surface area contributed by atoms with E-state index in [1.807, 2.05) is 18.0 Å². The molecule has 0 unspecified atom stereocenters. The third-order valence-electron chi connectivity index (χ3n) is 3.71. The molecule has 0 radical (unpaired) electrons. The highest BCUT2D eigenvalue weighted by atomic mass is 32.2. The second kappa shape index (κ2) is 6.03. The lowest BCUT2D eigenvalue weighted by molar-refractivity contribution is -0.137. The number of rotatable bonds is 5. The molecule has 1 aromatic carbocycles. The monoisotopic (exact) mass is 312 g/mol. The van der Waals surface area contributed by atoms with E-state index in [9.17, 15) is 13.2 Å². The molecule has 7 heteroatoms. The van der Waals surface area contributed by atoms with Crippen LogP contribution in [0, 0.1) is 0 Å². The average Bonchev–Trinajstić information content (AvgIpc) is 2.44. The van der Waals surface area contributed by atoms with Crippen molar-refractivity contribution in [1.29, 1.82) is 0 Å². The fourth-order valence-electron chi connectivity index (χ4n) is 2.56. The normalized spacial score (nSPS) is 15.1. The van der Waals surface area contributed by atoms with Gasteiger partial charge in [0.1, 0.15) is 6.54 Å². The Morgan fingerprint density at radius 3 is 2.76 bits per heavy atom. The molecule has 0 bridgehead atoms. The van der Waals surface area contributed by atoms with Crippen LogP contribution in [-0.2, 0) is 21.2 Å². The van der Waals surface area contributed by atoms with Gasteiger partial charge >= 0.3 is 5.97 Å². The van der Waals surface area contributed by atoms with Crippen LogP contribution in [0.4, 0.5) is 5.69 Å². The summed E-state index contributed by atoms with van der Waals surface area (Å²) in [6.07, 6.45) is 1.99. The number of nitrogens with zero attached hydrogens (tertiary/aromatic N) is 2. The first-order chi connectivity index (χ1) is 9.86. The molecule has 0 saturated heterocycles. The van der Waals surface area contributed by atoms with E-state index in [-0.39, 0.29) is 11.4 Å². The Labute approximate surface area is 125 Å². The van der Waals surface area contributed by atoms with Crippen molar-refractivity contribution in [3.05, 3.63) is 23.8 Å². The number of aliphatic carboxylic acids is 1. The van der Waals surface area contributed by atoms with Crippen LogP contribution in [0.25, 0.3) is 0 Å². The molecule has 1 aromatic rings. The minimum Gasteiger partial charge on any atom is -0.480 e. The number of aryl methyl sites for hydroxylation is 1. The van der Waals surface area contributed by atoms with Crippen LogP contribution in [-0.4, -0.2) is 50.5 Å². The lowest BCUT2D eigenvalue weighted by atomic mass is 10.0. The number of likely N-dealkylation sites (N-methyl/N-ethyl adjacent to an activating group) is 1. The van der Waals surface area contributed by atoms with Crippen molar-refractivity contribution in [1.82, 2.24) is 4.31 Å². The van der Waals surface area contributed by atoms with Gasteiger partial charge in [0.15, 0.2) is 0 Å². The Balaban J connectivity index is 2.40. The average molecular weight is 312 g/mol. The van der Waals surface area contributed by atoms with Crippen LogP contribution in [0.1, 0.15) is 18.9 Å². The van der Waals surface area contributed by atoms with Crippen molar-refractivity contribution in [2.24, 2.45) is 0 Å². The van der Waals surface area contributed by atoms with Gasteiger partial charge in [-0.05, 0) is 30.5 Å². The lowest BCUT2D eigenvalue weighted by Gasteiger charge is -2.28. The zero-order valence-electron chi connectivity index (χ0n) is 12.2. The van der Waals surface area contributed by atoms with Crippen LogP contribution in [0.5, 0.6) is 0 Å². The molecular formula is C14H20N2O4S. The van der Waals surface area contributed by atoms with Gasteiger partial charge in [0.25, 0.3) is 0 Å². The van der Waals surface area contributed by atoms with Gasteiger partial charge in [-0.1, -0.05) is 13.0 Å². The highest BCUT2D eigenvalue weighted by Gasteiger charge is 2.26. The number of fused-ring (bicyclic) bond motifs is 1. The lowest BCUT2D eigenvalue weighted by Crippen LogP contribution is -2.35. The molecule has 116 valence electrons. The Morgan fingerprint density at radius 1 is 1.43 bits per heavy atom. The number of carboxylic acid groups (broad SMARTS) is 1. The van der Waals surface area contributed by atoms with Crippen molar-refractivity contribution in [2.75, 3.05) is 31.6 Å². The summed E-state index contributed by atoms with van der Waals surface area (Å²) >= 11 is 0. The van der Waals surface area contributed by atoms with E-state index in [2.05, 4.69) is 0 Å². The number of hydrogen-bond donors (Lipinski definition) is 1. The van der Waals surface area contributed by atoms with E-state index in [0.29, 0.717) is 0 Å². The smallest absolute Gasteiger partial charge is 0.318 e. The van der Waals surface area contributed by atoms with Gasteiger partial charge in [0.05, 0.1) is 4.90 Å². The highest BCUT2D eigenvalue weighted by Crippen LogP contribution is 2.29. The summed E-state index contributed by atoms with van der Waals surface area (Å²) in [4.78, 5) is 13.0. The SMILES string of the molecule is CCN(CC(=O)O)S(=O)(=O)c1ccc2c(c1)N(C)CCC2. The van der Waals surface area contributed by atoms with E-state index < -0.39 is 22.5 Å². The summed E-state index contributed by atoms with van der Waals surface area (Å²) in [5, 5.41) is 8.85. The number of anilines is 1. The van der Waals surface area contributed by atoms with E-state index in [1.165, 1.54) is 0 Å². The van der Waals surface area contributed by atoms with Crippen molar-refractivity contribution >= 4 is 21.7 Å². The molecule has 0 spiro atoms. The van der Waals surface area contributed by atoms with Gasteiger partial charge in [0, 0.05) is 25.8 Å². The summed E-state index contributed by atoms with van der Waals surface area (Å²) in [6, 6.07) is 5.04. The Bertz CT molecular complexity index is 642. The molecule has 0 aromatic heterocycles. The largest absolute Gasteiger partial charge is 0.480 e. The molecule has 0 saturated carbocycles. The van der Waals surface area contributed by atoms with Gasteiger partial charge in [0.2, 0.25) is 10.0 Å². The van der Waals surface area contributed by atoms with E-state index in [4.69, 9.17) is 5.11 Å². The standard InChI is InChI=1S/C14H20N2O4S/c1-3-16(10-14(17)18)21(19,20)12-7-6-11-5-4-8-15(2)13(11)9-12/h6-7,9H,3-5,8,10H2,1-2H3,(H,17,18). The van der Waals surface area contributed by atoms with Crippen molar-refractivity contribution in [3.8, 4) is 0 Å². The topological polar surface area (TPSA) is 77.9 Å². The maximum atomic E-state index is 12.5. The predicted molar refractivity (Wildman–Crippen MR) is 80.1 cm³/mol. The number of benzene rings is 1. The minimum atomic E-state index is -3.78. The zero-order chi connectivity index (χ0) is 15.6. The van der Waals surface area contributed by atoms with Crippen LogP contribution >= 0.6 is 0 Å². The molecule has 0 fully saturated rings. The number of sulfonamides is 1. The van der Waals surface area contributed by atoms with E-state index >= 15 is 0 Å². The molecule has 2 rings (SSSR count). The second-order valence-electron chi connectivity index (χ2n) is 5.14. The number of carbonyl (C=O) groups is 1. The van der Waals surface area contributed by atoms with Crippen LogP contribution < -0.4 is 4.90 Å². The fraction of sp³-hybridized carbons (Fsp3) is 0.500. The van der Waals surface area contributed by atoms with Crippen LogP contribution in [0.2, 0.25) is 0 Å². The summed E-state index contributed by atoms with van der Waals surface area (Å²) in [7, 11) is -1.84. The third-order valence-corrected chi connectivity index (χ3v) is 5.63. The first-order valence-electron chi connectivity index (χ1n) is 6.92. The van der Waals surface area contributed by atoms with E-state index in [1.54, 1.807) is 19.1 Å². The summed E-state index contributed by atoms with van der Waals surface area (Å²) in [5.74, 6) is -1.16. The Morgan fingerprint density at radius 2 is 2.14 bits per heavy atom. The maximum absolute atomic E-state index is 12.5. The van der Waals surface area contributed by atoms with Gasteiger partial charge < -0.3 is 10.0 Å². The zero-order valence-corrected chi connectivity index (χ0v) is 13.1. The first kappa shape index (κ1) is 15.8. The summed E-state index contributed by atoms with van der Waals surface area (Å²) < 4.78 is 26.0. The molecular weight excluding hydrogens is 292 g/mol. The summed E-state index contributed by atoms with van der Waals surface area (Å²) in [5.41, 5.74) is 2.04. The van der Waals surface area contributed by atoms with Crippen molar-refractivity contribution in [2.45, 2.75) is 24.7 Å². The molecule has 1 aliphatic rings. The van der Waals surface area contributed by atoms with Crippen molar-refractivity contribution in [3.63, 3.8) is 0 Å². The maximum Gasteiger partial charge on any atom is 0.318 e. The van der Waals surface area contributed by atoms with Crippen molar-refractivity contribution < 1.29 is 18.3 Å². The third kappa shape index (κ3) is 3.19. The molecule has 0 atom stereocenters. The first-order valence-corrected chi connectivity index (χ1v) is 8.36. The predicted octanol–water partition coefficient (Wildman–Crippen LogP) is 1.16. The molecule has 21 heavy (non-hydrogen) atoms. The Kier molecular flexibility index (Phi) is 4.53. The van der Waals surface area contributed by atoms with E-state index in [0.717, 1.165) is 34.9 Å². The van der Waals surface area contributed by atoms with Gasteiger partial charge in [-0.2, -0.15) is 4.31 Å². The molecule has 1 heterocycles. The minimum absolute atomic E-state index is 0.127. The van der Waals surface area contributed by atoms with Gasteiger partial charge in [-0.25, -0.2) is 8.42 Å². The second-order valence-corrected chi connectivity index (χ2v) is 7.08. The number of carboxylic acids is 1. The molecule has 1 N–H and O–H groups in total. The molecule has 0 amide bonds. The fourth-order valence-corrected chi connectivity index (χ4v) is 3.98.